The van der Waals surface area contributed by atoms with Gasteiger partial charge in [-0.1, -0.05) is 62.0 Å². The minimum absolute atomic E-state index is 0.931. The Morgan fingerprint density at radius 2 is 1.81 bits per heavy atom. The molecule has 90 valence electrons. The first-order valence-corrected chi connectivity index (χ1v) is 6.72. The average Bonchev–Trinajstić information content (AvgIpc) is 2.30. The fraction of sp³-hybridized carbons (Fsp3) is 0.625. The SMILES string of the molecule is CC=CC(=CC(C)=CC)CC1CCCCC1. The van der Waals surface area contributed by atoms with Gasteiger partial charge in [-0.3, -0.25) is 0 Å². The molecule has 0 saturated heterocycles. The second-order valence-corrected chi connectivity index (χ2v) is 4.96. The van der Waals surface area contributed by atoms with Crippen LogP contribution in [0.15, 0.2) is 35.5 Å². The third-order valence-electron chi connectivity index (χ3n) is 3.50. The van der Waals surface area contributed by atoms with E-state index in [0.29, 0.717) is 0 Å². The van der Waals surface area contributed by atoms with E-state index in [4.69, 9.17) is 0 Å². The summed E-state index contributed by atoms with van der Waals surface area (Å²) in [5.41, 5.74) is 2.88. The molecular formula is C16H26. The van der Waals surface area contributed by atoms with Crippen molar-refractivity contribution >= 4 is 0 Å². The van der Waals surface area contributed by atoms with Crippen molar-refractivity contribution in [1.29, 1.82) is 0 Å². The van der Waals surface area contributed by atoms with Gasteiger partial charge in [-0.2, -0.15) is 0 Å². The lowest BCUT2D eigenvalue weighted by Crippen LogP contribution is -2.06. The van der Waals surface area contributed by atoms with E-state index >= 15 is 0 Å². The van der Waals surface area contributed by atoms with Crippen LogP contribution in [0.25, 0.3) is 0 Å². The molecule has 0 N–H and O–H groups in total. The Labute approximate surface area is 101 Å². The third kappa shape index (κ3) is 4.83. The van der Waals surface area contributed by atoms with E-state index in [2.05, 4.69) is 45.1 Å². The summed E-state index contributed by atoms with van der Waals surface area (Å²) in [6.45, 7) is 6.41. The molecule has 0 unspecified atom stereocenters. The van der Waals surface area contributed by atoms with Crippen molar-refractivity contribution in [3.63, 3.8) is 0 Å². The van der Waals surface area contributed by atoms with Crippen molar-refractivity contribution < 1.29 is 0 Å². The minimum Gasteiger partial charge on any atom is -0.0874 e. The van der Waals surface area contributed by atoms with Crippen LogP contribution in [0.2, 0.25) is 0 Å². The maximum absolute atomic E-state index is 2.34. The molecule has 0 aromatic rings. The van der Waals surface area contributed by atoms with Gasteiger partial charge in [0.05, 0.1) is 0 Å². The predicted molar refractivity (Wildman–Crippen MR) is 73.5 cm³/mol. The lowest BCUT2D eigenvalue weighted by atomic mass is 9.84. The van der Waals surface area contributed by atoms with Crippen molar-refractivity contribution in [2.24, 2.45) is 5.92 Å². The Balaban J connectivity index is 2.59. The molecule has 0 aromatic heterocycles. The van der Waals surface area contributed by atoms with E-state index in [-0.39, 0.29) is 0 Å². The Bertz CT molecular complexity index is 272. The van der Waals surface area contributed by atoms with Crippen LogP contribution in [0.3, 0.4) is 0 Å². The van der Waals surface area contributed by atoms with Gasteiger partial charge in [-0.15, -0.1) is 0 Å². The van der Waals surface area contributed by atoms with Crippen LogP contribution in [0.5, 0.6) is 0 Å². The minimum atomic E-state index is 0.931. The molecule has 0 atom stereocenters. The van der Waals surface area contributed by atoms with Crippen molar-refractivity contribution in [2.75, 3.05) is 0 Å². The first kappa shape index (κ1) is 13.3. The molecule has 1 fully saturated rings. The highest BCUT2D eigenvalue weighted by molar-refractivity contribution is 5.28. The maximum atomic E-state index is 2.34. The molecule has 0 heteroatoms. The van der Waals surface area contributed by atoms with Gasteiger partial charge in [0.1, 0.15) is 0 Å². The molecule has 0 spiro atoms. The van der Waals surface area contributed by atoms with Gasteiger partial charge >= 0.3 is 0 Å². The van der Waals surface area contributed by atoms with Gasteiger partial charge in [-0.25, -0.2) is 0 Å². The zero-order valence-electron chi connectivity index (χ0n) is 11.1. The Morgan fingerprint density at radius 3 is 2.38 bits per heavy atom. The molecule has 0 amide bonds. The molecule has 0 radical (unpaired) electrons. The number of allylic oxidation sites excluding steroid dienone is 6. The van der Waals surface area contributed by atoms with Crippen molar-refractivity contribution in [2.45, 2.75) is 59.3 Å². The molecular weight excluding hydrogens is 192 g/mol. The van der Waals surface area contributed by atoms with Crippen LogP contribution in [-0.2, 0) is 0 Å². The molecule has 16 heavy (non-hydrogen) atoms. The fourth-order valence-electron chi connectivity index (χ4n) is 2.49. The number of hydrogen-bond acceptors (Lipinski definition) is 0. The molecule has 1 aliphatic rings. The van der Waals surface area contributed by atoms with E-state index in [1.54, 1.807) is 0 Å². The van der Waals surface area contributed by atoms with Gasteiger partial charge in [0.15, 0.2) is 0 Å². The predicted octanol–water partition coefficient (Wildman–Crippen LogP) is 5.43. The summed E-state index contributed by atoms with van der Waals surface area (Å²) in [5, 5.41) is 0. The normalized spacial score (nSPS) is 20.7. The van der Waals surface area contributed by atoms with Gasteiger partial charge < -0.3 is 0 Å². The van der Waals surface area contributed by atoms with Crippen LogP contribution < -0.4 is 0 Å². The van der Waals surface area contributed by atoms with Crippen molar-refractivity contribution in [3.8, 4) is 0 Å². The molecule has 1 aliphatic carbocycles. The first-order chi connectivity index (χ1) is 7.76. The fourth-order valence-corrected chi connectivity index (χ4v) is 2.49. The molecule has 0 aromatic carbocycles. The monoisotopic (exact) mass is 218 g/mol. The molecule has 0 heterocycles. The van der Waals surface area contributed by atoms with Gasteiger partial charge in [0.25, 0.3) is 0 Å². The second kappa shape index (κ2) is 7.49. The summed E-state index contributed by atoms with van der Waals surface area (Å²) >= 11 is 0. The third-order valence-corrected chi connectivity index (χ3v) is 3.50. The van der Waals surface area contributed by atoms with Crippen LogP contribution in [0.4, 0.5) is 0 Å². The van der Waals surface area contributed by atoms with E-state index < -0.39 is 0 Å². The summed E-state index contributed by atoms with van der Waals surface area (Å²) in [7, 11) is 0. The second-order valence-electron chi connectivity index (χ2n) is 4.96. The van der Waals surface area contributed by atoms with Crippen LogP contribution in [-0.4, -0.2) is 0 Å². The van der Waals surface area contributed by atoms with Crippen LogP contribution >= 0.6 is 0 Å². The smallest absolute Gasteiger partial charge is 0.0250 e. The van der Waals surface area contributed by atoms with Crippen LogP contribution in [0, 0.1) is 5.92 Å². The zero-order valence-corrected chi connectivity index (χ0v) is 11.1. The number of hydrogen-bond donors (Lipinski definition) is 0. The quantitative estimate of drug-likeness (QED) is 0.552. The van der Waals surface area contributed by atoms with Crippen molar-refractivity contribution in [3.05, 3.63) is 35.5 Å². The lowest BCUT2D eigenvalue weighted by Gasteiger charge is -2.22. The van der Waals surface area contributed by atoms with Crippen LogP contribution in [0.1, 0.15) is 59.3 Å². The highest BCUT2D eigenvalue weighted by Gasteiger charge is 2.13. The van der Waals surface area contributed by atoms with Gasteiger partial charge in [0, 0.05) is 0 Å². The molecule has 1 rings (SSSR count). The van der Waals surface area contributed by atoms with E-state index in [1.807, 2.05) is 0 Å². The summed E-state index contributed by atoms with van der Waals surface area (Å²) in [6.07, 6.45) is 17.4. The van der Waals surface area contributed by atoms with Gasteiger partial charge in [-0.05, 0) is 38.7 Å². The molecule has 0 bridgehead atoms. The molecule has 0 aliphatic heterocycles. The number of rotatable bonds is 4. The Kier molecular flexibility index (Phi) is 6.22. The largest absolute Gasteiger partial charge is 0.0874 e. The van der Waals surface area contributed by atoms with E-state index in [9.17, 15) is 0 Å². The van der Waals surface area contributed by atoms with E-state index in [0.717, 1.165) is 5.92 Å². The highest BCUT2D eigenvalue weighted by atomic mass is 14.2. The molecule has 1 saturated carbocycles. The summed E-state index contributed by atoms with van der Waals surface area (Å²) in [4.78, 5) is 0. The highest BCUT2D eigenvalue weighted by Crippen LogP contribution is 2.29. The summed E-state index contributed by atoms with van der Waals surface area (Å²) < 4.78 is 0. The summed E-state index contributed by atoms with van der Waals surface area (Å²) in [5.74, 6) is 0.931. The van der Waals surface area contributed by atoms with E-state index in [1.165, 1.54) is 49.7 Å². The molecule has 0 nitrogen and oxygen atoms in total. The topological polar surface area (TPSA) is 0 Å². The van der Waals surface area contributed by atoms with Crippen molar-refractivity contribution in [1.82, 2.24) is 0 Å². The first-order valence-electron chi connectivity index (χ1n) is 6.72. The Hall–Kier alpha value is -0.780. The maximum Gasteiger partial charge on any atom is -0.0250 e. The standard InChI is InChI=1S/C16H26/c1-4-9-16(12-14(3)5-2)13-15-10-7-6-8-11-15/h4-5,9,12,15H,6-8,10-11,13H2,1-3H3. The lowest BCUT2D eigenvalue weighted by molar-refractivity contribution is 0.357. The average molecular weight is 218 g/mol. The van der Waals surface area contributed by atoms with Gasteiger partial charge in [0.2, 0.25) is 0 Å². The zero-order chi connectivity index (χ0) is 11.8. The Morgan fingerprint density at radius 1 is 1.12 bits per heavy atom. The summed E-state index contributed by atoms with van der Waals surface area (Å²) in [6, 6.07) is 0.